The first-order valence-corrected chi connectivity index (χ1v) is 9.74. The first kappa shape index (κ1) is 18.8. The normalized spacial score (nSPS) is 17.8. The third-order valence-electron chi connectivity index (χ3n) is 5.80. The van der Waals surface area contributed by atoms with E-state index in [1.165, 1.54) is 0 Å². The molecule has 1 atom stereocenters. The van der Waals surface area contributed by atoms with Crippen molar-refractivity contribution < 1.29 is 5.11 Å². The van der Waals surface area contributed by atoms with E-state index in [2.05, 4.69) is 19.9 Å². The van der Waals surface area contributed by atoms with Gasteiger partial charge < -0.3 is 9.67 Å². The van der Waals surface area contributed by atoms with Crippen LogP contribution in [0.4, 0.5) is 0 Å². The summed E-state index contributed by atoms with van der Waals surface area (Å²) in [6.45, 7) is 6.58. The van der Waals surface area contributed by atoms with Gasteiger partial charge in [-0.3, -0.25) is 14.7 Å². The van der Waals surface area contributed by atoms with Gasteiger partial charge in [0.25, 0.3) is 5.56 Å². The van der Waals surface area contributed by atoms with E-state index in [0.717, 1.165) is 54.5 Å². The fourth-order valence-electron chi connectivity index (χ4n) is 4.17. The number of fused-ring (bicyclic) bond motifs is 2. The maximum atomic E-state index is 12.3. The SMILES string of the molecule is Cc1cc2nc3c(=O)[nH]c(=O)nc-3n(CCN3CCCC3CCO)c2cc1C. The highest BCUT2D eigenvalue weighted by Crippen LogP contribution is 2.25. The Morgan fingerprint density at radius 2 is 1.96 bits per heavy atom. The summed E-state index contributed by atoms with van der Waals surface area (Å²) in [6, 6.07) is 4.38. The van der Waals surface area contributed by atoms with Crippen molar-refractivity contribution in [1.82, 2.24) is 24.4 Å². The lowest BCUT2D eigenvalue weighted by Gasteiger charge is -2.25. The number of benzene rings is 1. The average molecular weight is 383 g/mol. The van der Waals surface area contributed by atoms with Crippen LogP contribution in [-0.4, -0.2) is 55.3 Å². The maximum Gasteiger partial charge on any atom is 0.349 e. The summed E-state index contributed by atoms with van der Waals surface area (Å²) in [5.41, 5.74) is 2.82. The van der Waals surface area contributed by atoms with E-state index in [-0.39, 0.29) is 12.3 Å². The lowest BCUT2D eigenvalue weighted by atomic mass is 10.1. The lowest BCUT2D eigenvalue weighted by Crippen LogP contribution is -2.34. The molecule has 148 valence electrons. The van der Waals surface area contributed by atoms with Crippen molar-refractivity contribution in [3.05, 3.63) is 44.1 Å². The molecule has 0 spiro atoms. The van der Waals surface area contributed by atoms with Crippen LogP contribution in [0.2, 0.25) is 0 Å². The zero-order valence-electron chi connectivity index (χ0n) is 16.2. The minimum absolute atomic E-state index is 0.184. The Morgan fingerprint density at radius 1 is 1.18 bits per heavy atom. The number of H-pyrrole nitrogens is 1. The van der Waals surface area contributed by atoms with Gasteiger partial charge in [0.05, 0.1) is 11.0 Å². The smallest absolute Gasteiger partial charge is 0.349 e. The number of aliphatic hydroxyl groups excluding tert-OH is 1. The Bertz CT molecular complexity index is 1100. The number of aromatic amines is 1. The van der Waals surface area contributed by atoms with E-state index >= 15 is 0 Å². The molecule has 8 heteroatoms. The van der Waals surface area contributed by atoms with Gasteiger partial charge in [-0.05, 0) is 62.9 Å². The van der Waals surface area contributed by atoms with Crippen LogP contribution >= 0.6 is 0 Å². The van der Waals surface area contributed by atoms with Gasteiger partial charge in [-0.1, -0.05) is 0 Å². The zero-order valence-corrected chi connectivity index (χ0v) is 16.2. The molecule has 0 aromatic heterocycles. The van der Waals surface area contributed by atoms with Gasteiger partial charge in [0.2, 0.25) is 0 Å². The Balaban J connectivity index is 1.83. The third kappa shape index (κ3) is 3.33. The van der Waals surface area contributed by atoms with Crippen LogP contribution in [-0.2, 0) is 6.54 Å². The molecule has 1 fully saturated rings. The molecule has 4 rings (SSSR count). The molecule has 8 nitrogen and oxygen atoms in total. The minimum atomic E-state index is -0.657. The van der Waals surface area contributed by atoms with Crippen molar-refractivity contribution in [1.29, 1.82) is 0 Å². The predicted octanol–water partition coefficient (Wildman–Crippen LogP) is 1.05. The van der Waals surface area contributed by atoms with Crippen LogP contribution in [0.1, 0.15) is 30.4 Å². The molecule has 1 aromatic carbocycles. The highest BCUT2D eigenvalue weighted by atomic mass is 16.3. The van der Waals surface area contributed by atoms with Crippen molar-refractivity contribution in [3.8, 4) is 11.5 Å². The summed E-state index contributed by atoms with van der Waals surface area (Å²) < 4.78 is 1.94. The third-order valence-corrected chi connectivity index (χ3v) is 5.80. The first-order chi connectivity index (χ1) is 13.5. The van der Waals surface area contributed by atoms with Gasteiger partial charge in [-0.2, -0.15) is 4.98 Å². The van der Waals surface area contributed by atoms with E-state index in [0.29, 0.717) is 18.4 Å². The van der Waals surface area contributed by atoms with Gasteiger partial charge in [0.15, 0.2) is 11.5 Å². The lowest BCUT2D eigenvalue weighted by molar-refractivity contribution is 0.191. The summed E-state index contributed by atoms with van der Waals surface area (Å²) in [5.74, 6) is 0.322. The van der Waals surface area contributed by atoms with E-state index in [4.69, 9.17) is 0 Å². The average Bonchev–Trinajstić information content (AvgIpc) is 3.08. The van der Waals surface area contributed by atoms with E-state index in [1.54, 1.807) is 0 Å². The van der Waals surface area contributed by atoms with Crippen LogP contribution in [0, 0.1) is 13.8 Å². The highest BCUT2D eigenvalue weighted by molar-refractivity contribution is 5.81. The van der Waals surface area contributed by atoms with Crippen molar-refractivity contribution in [2.45, 2.75) is 45.7 Å². The van der Waals surface area contributed by atoms with Crippen LogP contribution in [0.25, 0.3) is 22.6 Å². The molecule has 0 saturated carbocycles. The molecule has 3 aliphatic heterocycles. The molecule has 0 radical (unpaired) electrons. The number of hydrogen-bond acceptors (Lipinski definition) is 6. The molecule has 3 aliphatic rings. The molecular weight excluding hydrogens is 358 g/mol. The van der Waals surface area contributed by atoms with E-state index in [9.17, 15) is 14.7 Å². The number of aryl methyl sites for hydroxylation is 2. The van der Waals surface area contributed by atoms with Crippen LogP contribution in [0.15, 0.2) is 21.7 Å². The number of nitrogens with one attached hydrogen (secondary N) is 1. The molecule has 1 unspecified atom stereocenters. The number of aromatic nitrogens is 4. The second-order valence-corrected chi connectivity index (χ2v) is 7.58. The zero-order chi connectivity index (χ0) is 19.8. The standard InChI is InChI=1S/C20H25N5O3/c1-12-10-15-16(11-13(12)2)25(8-7-24-6-3-4-14(24)5-9-26)18-17(21-15)19(27)23-20(28)22-18/h10-11,14,26H,3-9H2,1-2H3,(H,23,27,28). The number of hydrogen-bond donors (Lipinski definition) is 2. The Kier molecular flexibility index (Phi) is 4.99. The Hall–Kier alpha value is -2.58. The van der Waals surface area contributed by atoms with E-state index < -0.39 is 11.2 Å². The summed E-state index contributed by atoms with van der Waals surface area (Å²) in [4.78, 5) is 37.3. The molecule has 1 saturated heterocycles. The molecule has 28 heavy (non-hydrogen) atoms. The largest absolute Gasteiger partial charge is 0.396 e. The van der Waals surface area contributed by atoms with Crippen LogP contribution < -0.4 is 11.2 Å². The van der Waals surface area contributed by atoms with E-state index in [1.807, 2.05) is 30.5 Å². The van der Waals surface area contributed by atoms with Gasteiger partial charge in [-0.15, -0.1) is 0 Å². The van der Waals surface area contributed by atoms with Crippen molar-refractivity contribution in [2.75, 3.05) is 19.7 Å². The highest BCUT2D eigenvalue weighted by Gasteiger charge is 2.25. The number of rotatable bonds is 5. The monoisotopic (exact) mass is 383 g/mol. The second kappa shape index (κ2) is 7.44. The van der Waals surface area contributed by atoms with Gasteiger partial charge >= 0.3 is 5.69 Å². The molecule has 2 N–H and O–H groups in total. The predicted molar refractivity (Wildman–Crippen MR) is 107 cm³/mol. The molecule has 1 aromatic rings. The molecule has 0 bridgehead atoms. The number of aliphatic hydroxyl groups is 1. The van der Waals surface area contributed by atoms with Crippen LogP contribution in [0.3, 0.4) is 0 Å². The molecular formula is C20H25N5O3. The van der Waals surface area contributed by atoms with Gasteiger partial charge in [0, 0.05) is 25.7 Å². The minimum Gasteiger partial charge on any atom is -0.396 e. The molecule has 0 aliphatic carbocycles. The fourth-order valence-corrected chi connectivity index (χ4v) is 4.17. The summed E-state index contributed by atoms with van der Waals surface area (Å²) >= 11 is 0. The number of nitrogens with zero attached hydrogens (tertiary/aromatic N) is 4. The molecule has 0 amide bonds. The fraction of sp³-hybridized carbons (Fsp3) is 0.500. The second-order valence-electron chi connectivity index (χ2n) is 7.58. The van der Waals surface area contributed by atoms with Crippen molar-refractivity contribution in [3.63, 3.8) is 0 Å². The van der Waals surface area contributed by atoms with Crippen molar-refractivity contribution >= 4 is 11.0 Å². The Labute approximate surface area is 162 Å². The van der Waals surface area contributed by atoms with Gasteiger partial charge in [0.1, 0.15) is 0 Å². The van der Waals surface area contributed by atoms with Crippen molar-refractivity contribution in [2.24, 2.45) is 0 Å². The Morgan fingerprint density at radius 3 is 2.75 bits per heavy atom. The summed E-state index contributed by atoms with van der Waals surface area (Å²) in [6.07, 6.45) is 2.97. The maximum absolute atomic E-state index is 12.3. The quantitative estimate of drug-likeness (QED) is 0.638. The number of likely N-dealkylation sites (tertiary alicyclic amines) is 1. The first-order valence-electron chi connectivity index (χ1n) is 9.74. The summed E-state index contributed by atoms with van der Waals surface area (Å²) in [7, 11) is 0. The topological polar surface area (TPSA) is 104 Å². The van der Waals surface area contributed by atoms with Gasteiger partial charge in [-0.25, -0.2) is 9.78 Å². The molecule has 3 heterocycles. The summed E-state index contributed by atoms with van der Waals surface area (Å²) in [5, 5.41) is 9.31. The van der Waals surface area contributed by atoms with Crippen LogP contribution in [0.5, 0.6) is 0 Å².